The third kappa shape index (κ3) is 3.04. The van der Waals surface area contributed by atoms with Crippen molar-refractivity contribution in [3.63, 3.8) is 0 Å². The van der Waals surface area contributed by atoms with Gasteiger partial charge >= 0.3 is 0 Å². The minimum Gasteiger partial charge on any atom is -0.0798 e. The molecule has 0 bridgehead atoms. The lowest BCUT2D eigenvalue weighted by molar-refractivity contribution is 0.585. The average molecular weight is 493 g/mol. The summed E-state index contributed by atoms with van der Waals surface area (Å²) in [6, 6.07) is 32.6. The topological polar surface area (TPSA) is 0 Å². The summed E-state index contributed by atoms with van der Waals surface area (Å²) in [5.41, 5.74) is 16.9. The first-order valence-corrected chi connectivity index (χ1v) is 14.0. The number of hydrogen-bond acceptors (Lipinski definition) is 0. The van der Waals surface area contributed by atoms with Gasteiger partial charge in [-0.1, -0.05) is 139 Å². The molecule has 3 aliphatic carbocycles. The highest BCUT2D eigenvalue weighted by Gasteiger charge is 2.54. The predicted octanol–water partition coefficient (Wildman–Crippen LogP) is 9.99. The second-order valence-electron chi connectivity index (χ2n) is 13.4. The van der Waals surface area contributed by atoms with Crippen LogP contribution in [0.2, 0.25) is 0 Å². The van der Waals surface area contributed by atoms with Crippen LogP contribution in [-0.4, -0.2) is 0 Å². The minimum absolute atomic E-state index is 0.0834. The standard InChI is InChI=1S/C38H36/c1-36(2,3)25-18-20-28-29-21-19-26(37(4,5)6)23-34(29)38(33(28)22-25)31-16-11-15-30(31)35-27(14-10-17-32(35)38)24-12-8-7-9-13-24/h7-15,17-23H,16H2,1-6H3. The molecule has 0 unspecified atom stereocenters. The van der Waals surface area contributed by atoms with E-state index in [2.05, 4.69) is 139 Å². The fraction of sp³-hybridized carbons (Fsp3) is 0.263. The highest BCUT2D eigenvalue weighted by molar-refractivity contribution is 6.01. The first-order valence-electron chi connectivity index (χ1n) is 14.0. The van der Waals surface area contributed by atoms with Gasteiger partial charge in [0.2, 0.25) is 0 Å². The molecule has 0 aromatic heterocycles. The van der Waals surface area contributed by atoms with Gasteiger partial charge < -0.3 is 0 Å². The molecular weight excluding hydrogens is 456 g/mol. The van der Waals surface area contributed by atoms with Crippen molar-refractivity contribution in [2.24, 2.45) is 0 Å². The fourth-order valence-corrected chi connectivity index (χ4v) is 7.14. The van der Waals surface area contributed by atoms with Crippen LogP contribution in [-0.2, 0) is 16.2 Å². The molecule has 0 saturated carbocycles. The van der Waals surface area contributed by atoms with E-state index in [0.29, 0.717) is 0 Å². The number of rotatable bonds is 1. The summed E-state index contributed by atoms with van der Waals surface area (Å²) in [5.74, 6) is 0. The van der Waals surface area contributed by atoms with Gasteiger partial charge in [0.15, 0.2) is 0 Å². The number of fused-ring (bicyclic) bond motifs is 9. The Balaban J connectivity index is 1.63. The fourth-order valence-electron chi connectivity index (χ4n) is 7.14. The Hall–Kier alpha value is -3.64. The Bertz CT molecular complexity index is 1610. The molecule has 0 atom stereocenters. The molecule has 0 heteroatoms. The van der Waals surface area contributed by atoms with E-state index in [9.17, 15) is 0 Å². The van der Waals surface area contributed by atoms with Crippen molar-refractivity contribution in [3.05, 3.63) is 136 Å². The molecule has 0 aliphatic heterocycles. The maximum atomic E-state index is 2.54. The van der Waals surface area contributed by atoms with E-state index in [0.717, 1.165) is 6.42 Å². The lowest BCUT2D eigenvalue weighted by atomic mass is 9.67. The van der Waals surface area contributed by atoms with Crippen LogP contribution >= 0.6 is 0 Å². The van der Waals surface area contributed by atoms with Gasteiger partial charge in [0.05, 0.1) is 5.41 Å². The molecule has 0 saturated heterocycles. The molecule has 38 heavy (non-hydrogen) atoms. The van der Waals surface area contributed by atoms with Crippen molar-refractivity contribution in [2.45, 2.75) is 64.2 Å². The maximum absolute atomic E-state index is 2.54. The average Bonchev–Trinajstić information content (AvgIpc) is 3.55. The van der Waals surface area contributed by atoms with E-state index >= 15 is 0 Å². The highest BCUT2D eigenvalue weighted by Crippen LogP contribution is 2.65. The van der Waals surface area contributed by atoms with Crippen LogP contribution in [0.5, 0.6) is 0 Å². The Morgan fingerprint density at radius 3 is 1.76 bits per heavy atom. The van der Waals surface area contributed by atoms with Gasteiger partial charge in [0.1, 0.15) is 0 Å². The summed E-state index contributed by atoms with van der Waals surface area (Å²) in [4.78, 5) is 0. The smallest absolute Gasteiger partial charge is 0.0691 e. The van der Waals surface area contributed by atoms with Crippen molar-refractivity contribution in [1.29, 1.82) is 0 Å². The SMILES string of the molecule is CC(C)(C)c1ccc2c(c1)C1(C3=C(C=CC3)c3c(-c4ccccc4)cccc31)c1cc(C(C)(C)C)ccc1-2. The van der Waals surface area contributed by atoms with Crippen molar-refractivity contribution < 1.29 is 0 Å². The predicted molar refractivity (Wildman–Crippen MR) is 162 cm³/mol. The quantitative estimate of drug-likeness (QED) is 0.248. The first-order chi connectivity index (χ1) is 18.1. The van der Waals surface area contributed by atoms with E-state index in [1.165, 1.54) is 61.2 Å². The van der Waals surface area contributed by atoms with Crippen LogP contribution in [0.3, 0.4) is 0 Å². The van der Waals surface area contributed by atoms with Crippen molar-refractivity contribution >= 4 is 5.57 Å². The summed E-state index contributed by atoms with van der Waals surface area (Å²) in [5, 5.41) is 0. The minimum atomic E-state index is -0.258. The van der Waals surface area contributed by atoms with Crippen LogP contribution in [0.25, 0.3) is 27.8 Å². The normalized spacial score (nSPS) is 16.6. The van der Waals surface area contributed by atoms with Crippen LogP contribution in [0.4, 0.5) is 0 Å². The lowest BCUT2D eigenvalue weighted by Gasteiger charge is -2.34. The highest BCUT2D eigenvalue weighted by atomic mass is 14.5. The molecule has 0 N–H and O–H groups in total. The van der Waals surface area contributed by atoms with Crippen LogP contribution in [0, 0.1) is 0 Å². The zero-order valence-corrected chi connectivity index (χ0v) is 23.4. The summed E-state index contributed by atoms with van der Waals surface area (Å²) in [6.07, 6.45) is 5.78. The molecule has 4 aromatic rings. The molecule has 7 rings (SSSR count). The zero-order valence-electron chi connectivity index (χ0n) is 23.4. The van der Waals surface area contributed by atoms with Crippen LogP contribution < -0.4 is 0 Å². The molecule has 0 nitrogen and oxygen atoms in total. The van der Waals surface area contributed by atoms with Gasteiger partial charge in [-0.15, -0.1) is 0 Å². The molecule has 3 aliphatic rings. The Morgan fingerprint density at radius 2 is 1.18 bits per heavy atom. The Kier molecular flexibility index (Phi) is 4.76. The Labute approximate surface area is 227 Å². The molecule has 0 fully saturated rings. The summed E-state index contributed by atoms with van der Waals surface area (Å²) in [6.45, 7) is 14.0. The van der Waals surface area contributed by atoms with Gasteiger partial charge in [-0.2, -0.15) is 0 Å². The van der Waals surface area contributed by atoms with E-state index in [1.54, 1.807) is 5.57 Å². The molecule has 0 heterocycles. The number of allylic oxidation sites excluding steroid dienone is 4. The van der Waals surface area contributed by atoms with Crippen molar-refractivity contribution in [1.82, 2.24) is 0 Å². The van der Waals surface area contributed by atoms with Gasteiger partial charge in [0, 0.05) is 0 Å². The molecule has 0 radical (unpaired) electrons. The summed E-state index contributed by atoms with van der Waals surface area (Å²) in [7, 11) is 0. The van der Waals surface area contributed by atoms with E-state index in [1.807, 2.05) is 0 Å². The zero-order chi connectivity index (χ0) is 26.4. The monoisotopic (exact) mass is 492 g/mol. The number of hydrogen-bond donors (Lipinski definition) is 0. The van der Waals surface area contributed by atoms with Gasteiger partial charge in [-0.25, -0.2) is 0 Å². The number of benzene rings is 4. The molecular formula is C38H36. The van der Waals surface area contributed by atoms with Gasteiger partial charge in [-0.05, 0) is 84.0 Å². The van der Waals surface area contributed by atoms with Crippen molar-refractivity contribution in [3.8, 4) is 22.3 Å². The molecule has 1 spiro atoms. The van der Waals surface area contributed by atoms with E-state index in [-0.39, 0.29) is 16.2 Å². The largest absolute Gasteiger partial charge is 0.0798 e. The second kappa shape index (κ2) is 7.70. The maximum Gasteiger partial charge on any atom is 0.0691 e. The molecule has 4 aromatic carbocycles. The van der Waals surface area contributed by atoms with Crippen molar-refractivity contribution in [2.75, 3.05) is 0 Å². The van der Waals surface area contributed by atoms with Gasteiger partial charge in [0.25, 0.3) is 0 Å². The van der Waals surface area contributed by atoms with Crippen LogP contribution in [0.15, 0.2) is 103 Å². The van der Waals surface area contributed by atoms with E-state index < -0.39 is 0 Å². The summed E-state index contributed by atoms with van der Waals surface area (Å²) < 4.78 is 0. The first kappa shape index (κ1) is 23.5. The van der Waals surface area contributed by atoms with Gasteiger partial charge in [-0.3, -0.25) is 0 Å². The Morgan fingerprint density at radius 1 is 0.579 bits per heavy atom. The third-order valence-electron chi connectivity index (χ3n) is 9.08. The lowest BCUT2D eigenvalue weighted by Crippen LogP contribution is -2.28. The van der Waals surface area contributed by atoms with Crippen LogP contribution in [0.1, 0.15) is 81.3 Å². The molecule has 0 amide bonds. The van der Waals surface area contributed by atoms with E-state index in [4.69, 9.17) is 0 Å². The third-order valence-corrected chi connectivity index (χ3v) is 9.08. The summed E-state index contributed by atoms with van der Waals surface area (Å²) >= 11 is 0. The second-order valence-corrected chi connectivity index (χ2v) is 13.4. The molecule has 188 valence electrons.